The molecule has 0 heterocycles. The topological polar surface area (TPSA) is 61.8 Å². The van der Waals surface area contributed by atoms with Crippen molar-refractivity contribution in [1.82, 2.24) is 0 Å². The summed E-state index contributed by atoms with van der Waals surface area (Å²) in [6.07, 6.45) is 16.8. The van der Waals surface area contributed by atoms with E-state index in [0.29, 0.717) is 26.1 Å². The van der Waals surface area contributed by atoms with E-state index in [1.54, 1.807) is 7.11 Å². The SMILES string of the molecule is CCCCCCCCCCCCOC(=O)CCCCCC(=O)OC(C)C(C)CCOC. The van der Waals surface area contributed by atoms with E-state index in [0.717, 1.165) is 38.5 Å². The lowest BCUT2D eigenvalue weighted by molar-refractivity contribution is -0.151. The molecule has 0 fully saturated rings. The highest BCUT2D eigenvalue weighted by molar-refractivity contribution is 5.70. The van der Waals surface area contributed by atoms with Crippen LogP contribution in [0.2, 0.25) is 0 Å². The summed E-state index contributed by atoms with van der Waals surface area (Å²) in [6, 6.07) is 0. The highest BCUT2D eigenvalue weighted by atomic mass is 16.5. The van der Waals surface area contributed by atoms with Crippen molar-refractivity contribution in [3.05, 3.63) is 0 Å². The summed E-state index contributed by atoms with van der Waals surface area (Å²) in [4.78, 5) is 23.7. The van der Waals surface area contributed by atoms with Gasteiger partial charge in [0, 0.05) is 26.6 Å². The molecule has 0 aromatic rings. The third-order valence-electron chi connectivity index (χ3n) is 5.92. The minimum atomic E-state index is -0.152. The molecule has 0 radical (unpaired) electrons. The molecule has 0 rings (SSSR count). The van der Waals surface area contributed by atoms with Crippen molar-refractivity contribution in [1.29, 1.82) is 0 Å². The minimum absolute atomic E-state index is 0.0941. The monoisotopic (exact) mass is 442 g/mol. The van der Waals surface area contributed by atoms with Gasteiger partial charge in [-0.05, 0) is 38.5 Å². The Morgan fingerprint density at radius 2 is 1.19 bits per heavy atom. The maximum atomic E-state index is 11.9. The molecule has 5 nitrogen and oxygen atoms in total. The number of unbranched alkanes of at least 4 members (excludes halogenated alkanes) is 11. The van der Waals surface area contributed by atoms with E-state index in [-0.39, 0.29) is 24.0 Å². The van der Waals surface area contributed by atoms with Gasteiger partial charge in [-0.3, -0.25) is 9.59 Å². The van der Waals surface area contributed by atoms with E-state index in [1.165, 1.54) is 51.4 Å². The molecule has 0 aromatic heterocycles. The molecule has 5 heteroatoms. The van der Waals surface area contributed by atoms with E-state index in [9.17, 15) is 9.59 Å². The summed E-state index contributed by atoms with van der Waals surface area (Å²) >= 11 is 0. The maximum absolute atomic E-state index is 11.9. The fraction of sp³-hybridized carbons (Fsp3) is 0.923. The molecule has 184 valence electrons. The lowest BCUT2D eigenvalue weighted by atomic mass is 10.0. The first kappa shape index (κ1) is 29.9. The molecule has 2 atom stereocenters. The smallest absolute Gasteiger partial charge is 0.306 e. The molecule has 0 saturated carbocycles. The Morgan fingerprint density at radius 1 is 0.677 bits per heavy atom. The van der Waals surface area contributed by atoms with Crippen LogP contribution in [0.4, 0.5) is 0 Å². The molecule has 0 aliphatic carbocycles. The molecular formula is C26H50O5. The Morgan fingerprint density at radius 3 is 1.77 bits per heavy atom. The van der Waals surface area contributed by atoms with E-state index >= 15 is 0 Å². The fourth-order valence-electron chi connectivity index (χ4n) is 3.48. The second-order valence-corrected chi connectivity index (χ2v) is 8.92. The van der Waals surface area contributed by atoms with Gasteiger partial charge in [0.05, 0.1) is 6.61 Å². The van der Waals surface area contributed by atoms with E-state index in [2.05, 4.69) is 13.8 Å². The summed E-state index contributed by atoms with van der Waals surface area (Å²) in [6.45, 7) is 7.47. The predicted molar refractivity (Wildman–Crippen MR) is 127 cm³/mol. The second-order valence-electron chi connectivity index (χ2n) is 8.92. The maximum Gasteiger partial charge on any atom is 0.306 e. The van der Waals surface area contributed by atoms with Crippen LogP contribution in [0.3, 0.4) is 0 Å². The van der Waals surface area contributed by atoms with Crippen LogP contribution in [0.1, 0.15) is 124 Å². The molecule has 0 N–H and O–H groups in total. The standard InChI is InChI=1S/C26H50O5/c1-5-6-7-8-9-10-11-12-13-17-21-30-25(27)18-15-14-16-19-26(28)31-24(3)23(2)20-22-29-4/h23-24H,5-22H2,1-4H3. The third-order valence-corrected chi connectivity index (χ3v) is 5.92. The summed E-state index contributed by atoms with van der Waals surface area (Å²) in [7, 11) is 1.68. The lowest BCUT2D eigenvalue weighted by Gasteiger charge is -2.20. The van der Waals surface area contributed by atoms with Crippen LogP contribution in [0.15, 0.2) is 0 Å². The van der Waals surface area contributed by atoms with Gasteiger partial charge in [0.15, 0.2) is 0 Å². The number of methoxy groups -OCH3 is 1. The van der Waals surface area contributed by atoms with Crippen LogP contribution in [0.25, 0.3) is 0 Å². The van der Waals surface area contributed by atoms with Crippen molar-refractivity contribution < 1.29 is 23.8 Å². The van der Waals surface area contributed by atoms with Crippen LogP contribution < -0.4 is 0 Å². The largest absolute Gasteiger partial charge is 0.466 e. The zero-order valence-electron chi connectivity index (χ0n) is 20.9. The Bertz CT molecular complexity index is 424. The average Bonchev–Trinajstić information content (AvgIpc) is 2.75. The number of esters is 2. The van der Waals surface area contributed by atoms with Crippen molar-refractivity contribution in [3.63, 3.8) is 0 Å². The van der Waals surface area contributed by atoms with Gasteiger partial charge < -0.3 is 14.2 Å². The van der Waals surface area contributed by atoms with Crippen LogP contribution in [-0.4, -0.2) is 38.4 Å². The summed E-state index contributed by atoms with van der Waals surface area (Å²) in [5, 5.41) is 0. The zero-order valence-corrected chi connectivity index (χ0v) is 20.9. The van der Waals surface area contributed by atoms with Crippen LogP contribution >= 0.6 is 0 Å². The quantitative estimate of drug-likeness (QED) is 0.133. The first-order valence-corrected chi connectivity index (χ1v) is 12.8. The molecule has 0 aliphatic heterocycles. The van der Waals surface area contributed by atoms with Crippen molar-refractivity contribution in [2.75, 3.05) is 20.3 Å². The fourth-order valence-corrected chi connectivity index (χ4v) is 3.48. The van der Waals surface area contributed by atoms with Crippen molar-refractivity contribution in [2.24, 2.45) is 5.92 Å². The Hall–Kier alpha value is -1.10. The number of rotatable bonds is 22. The third kappa shape index (κ3) is 20.6. The van der Waals surface area contributed by atoms with Gasteiger partial charge in [-0.2, -0.15) is 0 Å². The number of carbonyl (C=O) groups is 2. The highest BCUT2D eigenvalue weighted by Gasteiger charge is 2.16. The number of hydrogen-bond donors (Lipinski definition) is 0. The van der Waals surface area contributed by atoms with Gasteiger partial charge in [0.2, 0.25) is 0 Å². The van der Waals surface area contributed by atoms with Crippen molar-refractivity contribution in [3.8, 4) is 0 Å². The first-order valence-electron chi connectivity index (χ1n) is 12.8. The molecule has 0 aliphatic rings. The van der Waals surface area contributed by atoms with Gasteiger partial charge >= 0.3 is 11.9 Å². The average molecular weight is 443 g/mol. The van der Waals surface area contributed by atoms with Gasteiger partial charge in [-0.1, -0.05) is 78.1 Å². The lowest BCUT2D eigenvalue weighted by Crippen LogP contribution is -2.23. The van der Waals surface area contributed by atoms with Gasteiger partial charge in [-0.25, -0.2) is 0 Å². The Kier molecular flexibility index (Phi) is 21.3. The van der Waals surface area contributed by atoms with Crippen molar-refractivity contribution >= 4 is 11.9 Å². The van der Waals surface area contributed by atoms with Crippen LogP contribution in [0, 0.1) is 5.92 Å². The second kappa shape index (κ2) is 22.1. The predicted octanol–water partition coefficient (Wildman–Crippen LogP) is 7.01. The molecule has 0 amide bonds. The van der Waals surface area contributed by atoms with Crippen LogP contribution in [-0.2, 0) is 23.8 Å². The van der Waals surface area contributed by atoms with Crippen LogP contribution in [0.5, 0.6) is 0 Å². The summed E-state index contributed by atoms with van der Waals surface area (Å²) < 4.78 is 15.8. The minimum Gasteiger partial charge on any atom is -0.466 e. The van der Waals surface area contributed by atoms with Crippen molar-refractivity contribution in [2.45, 2.75) is 130 Å². The van der Waals surface area contributed by atoms with E-state index in [4.69, 9.17) is 14.2 Å². The Labute approximate surface area is 192 Å². The first-order chi connectivity index (χ1) is 15.0. The molecule has 0 spiro atoms. The van der Waals surface area contributed by atoms with E-state index in [1.807, 2.05) is 6.92 Å². The van der Waals surface area contributed by atoms with E-state index < -0.39 is 0 Å². The molecule has 0 aromatic carbocycles. The number of hydrogen-bond acceptors (Lipinski definition) is 5. The molecular weight excluding hydrogens is 392 g/mol. The normalized spacial score (nSPS) is 13.0. The zero-order chi connectivity index (χ0) is 23.2. The molecule has 0 saturated heterocycles. The summed E-state index contributed by atoms with van der Waals surface area (Å²) in [5.74, 6) is 0.0219. The Balaban J connectivity index is 3.45. The van der Waals surface area contributed by atoms with Gasteiger partial charge in [-0.15, -0.1) is 0 Å². The number of carbonyl (C=O) groups excluding carboxylic acids is 2. The van der Waals surface area contributed by atoms with Gasteiger partial charge in [0.1, 0.15) is 6.10 Å². The van der Waals surface area contributed by atoms with Gasteiger partial charge in [0.25, 0.3) is 0 Å². The number of ether oxygens (including phenoxy) is 3. The summed E-state index contributed by atoms with van der Waals surface area (Å²) in [5.41, 5.74) is 0. The highest BCUT2D eigenvalue weighted by Crippen LogP contribution is 2.14. The molecule has 2 unspecified atom stereocenters. The molecule has 31 heavy (non-hydrogen) atoms. The molecule has 0 bridgehead atoms.